The molecule has 2 aromatic rings. The van der Waals surface area contributed by atoms with Crippen molar-refractivity contribution in [3.63, 3.8) is 0 Å². The van der Waals surface area contributed by atoms with E-state index in [-0.39, 0.29) is 0 Å². The van der Waals surface area contributed by atoms with Crippen LogP contribution in [-0.2, 0) is 9.53 Å². The van der Waals surface area contributed by atoms with Crippen molar-refractivity contribution < 1.29 is 9.53 Å². The van der Waals surface area contributed by atoms with Gasteiger partial charge in [0.1, 0.15) is 5.69 Å². The SMILES string of the molecule is COC(=O)C(C#N)c1nc2ccccc2nc1NC1CC1. The first-order valence-electron chi connectivity index (χ1n) is 6.73. The van der Waals surface area contributed by atoms with E-state index in [9.17, 15) is 10.1 Å². The number of hydrogen-bond donors (Lipinski definition) is 1. The molecule has 1 fully saturated rings. The summed E-state index contributed by atoms with van der Waals surface area (Å²) in [5.41, 5.74) is 1.71. The maximum atomic E-state index is 11.8. The number of carbonyl (C=O) groups excluding carboxylic acids is 1. The third-order valence-corrected chi connectivity index (χ3v) is 3.36. The average molecular weight is 282 g/mol. The summed E-state index contributed by atoms with van der Waals surface area (Å²) < 4.78 is 4.69. The molecule has 6 nitrogen and oxygen atoms in total. The molecule has 0 amide bonds. The lowest BCUT2D eigenvalue weighted by molar-refractivity contribution is -0.141. The molecule has 106 valence electrons. The van der Waals surface area contributed by atoms with Crippen LogP contribution in [0.3, 0.4) is 0 Å². The normalized spacial score (nSPS) is 15.2. The molecule has 3 rings (SSSR count). The summed E-state index contributed by atoms with van der Waals surface area (Å²) in [6.45, 7) is 0. The van der Waals surface area contributed by atoms with Crippen molar-refractivity contribution in [1.29, 1.82) is 5.26 Å². The number of ether oxygens (including phenoxy) is 1. The maximum Gasteiger partial charge on any atom is 0.329 e. The fourth-order valence-electron chi connectivity index (χ4n) is 2.09. The predicted octanol–water partition coefficient (Wildman–Crippen LogP) is 1.98. The molecule has 1 atom stereocenters. The second kappa shape index (κ2) is 5.37. The third kappa shape index (κ3) is 2.63. The Morgan fingerprint density at radius 3 is 2.62 bits per heavy atom. The summed E-state index contributed by atoms with van der Waals surface area (Å²) in [5.74, 6) is -1.21. The van der Waals surface area contributed by atoms with Crippen molar-refractivity contribution in [3.8, 4) is 6.07 Å². The minimum atomic E-state index is -1.08. The highest BCUT2D eigenvalue weighted by Gasteiger charge is 2.30. The van der Waals surface area contributed by atoms with Gasteiger partial charge in [-0.1, -0.05) is 12.1 Å². The van der Waals surface area contributed by atoms with Gasteiger partial charge in [-0.05, 0) is 25.0 Å². The number of esters is 1. The lowest BCUT2D eigenvalue weighted by Gasteiger charge is -2.13. The van der Waals surface area contributed by atoms with Crippen LogP contribution in [0.4, 0.5) is 5.82 Å². The first-order valence-corrected chi connectivity index (χ1v) is 6.73. The minimum absolute atomic E-state index is 0.329. The number of carbonyl (C=O) groups is 1. The van der Waals surface area contributed by atoms with Crippen LogP contribution in [0, 0.1) is 11.3 Å². The molecule has 0 spiro atoms. The Hall–Kier alpha value is -2.68. The van der Waals surface area contributed by atoms with Crippen LogP contribution in [0.5, 0.6) is 0 Å². The van der Waals surface area contributed by atoms with Gasteiger partial charge in [-0.3, -0.25) is 4.79 Å². The lowest BCUT2D eigenvalue weighted by atomic mass is 10.1. The van der Waals surface area contributed by atoms with Gasteiger partial charge in [0.25, 0.3) is 0 Å². The molecule has 1 saturated carbocycles. The number of nitrogens with one attached hydrogen (secondary N) is 1. The molecule has 0 radical (unpaired) electrons. The molecule has 21 heavy (non-hydrogen) atoms. The Morgan fingerprint density at radius 2 is 2.05 bits per heavy atom. The zero-order valence-electron chi connectivity index (χ0n) is 11.5. The summed E-state index contributed by atoms with van der Waals surface area (Å²) in [6.07, 6.45) is 2.12. The van der Waals surface area contributed by atoms with Crippen LogP contribution < -0.4 is 5.32 Å². The highest BCUT2D eigenvalue weighted by Crippen LogP contribution is 2.30. The van der Waals surface area contributed by atoms with Crippen LogP contribution in [-0.4, -0.2) is 29.1 Å². The van der Waals surface area contributed by atoms with Gasteiger partial charge in [0.2, 0.25) is 0 Å². The molecular weight excluding hydrogens is 268 g/mol. The molecular formula is C15H14N4O2. The number of nitriles is 1. The number of fused-ring (bicyclic) bond motifs is 1. The van der Waals surface area contributed by atoms with Gasteiger partial charge in [0.15, 0.2) is 11.7 Å². The monoisotopic (exact) mass is 282 g/mol. The fraction of sp³-hybridized carbons (Fsp3) is 0.333. The standard InChI is InChI=1S/C15H14N4O2/c1-21-15(20)10(8-16)13-14(17-9-6-7-9)19-12-5-3-2-4-11(12)18-13/h2-5,9-10H,6-7H2,1H3,(H,17,19). The number of benzene rings is 1. The minimum Gasteiger partial charge on any atom is -0.468 e. The summed E-state index contributed by atoms with van der Waals surface area (Å²) in [5, 5.41) is 12.5. The summed E-state index contributed by atoms with van der Waals surface area (Å²) in [4.78, 5) is 20.7. The van der Waals surface area contributed by atoms with Gasteiger partial charge < -0.3 is 10.1 Å². The number of para-hydroxylation sites is 2. The van der Waals surface area contributed by atoms with E-state index in [1.807, 2.05) is 24.3 Å². The molecule has 0 saturated heterocycles. The molecule has 1 aromatic carbocycles. The van der Waals surface area contributed by atoms with E-state index in [2.05, 4.69) is 20.0 Å². The second-order valence-electron chi connectivity index (χ2n) is 4.95. The van der Waals surface area contributed by atoms with Gasteiger partial charge >= 0.3 is 5.97 Å². The highest BCUT2D eigenvalue weighted by atomic mass is 16.5. The third-order valence-electron chi connectivity index (χ3n) is 3.36. The summed E-state index contributed by atoms with van der Waals surface area (Å²) in [7, 11) is 1.26. The van der Waals surface area contributed by atoms with E-state index in [1.54, 1.807) is 6.07 Å². The van der Waals surface area contributed by atoms with Crippen LogP contribution in [0.15, 0.2) is 24.3 Å². The molecule has 1 aromatic heterocycles. The number of rotatable bonds is 4. The van der Waals surface area contributed by atoms with Crippen LogP contribution in [0.2, 0.25) is 0 Å². The van der Waals surface area contributed by atoms with Crippen molar-refractivity contribution in [1.82, 2.24) is 9.97 Å². The summed E-state index contributed by atoms with van der Waals surface area (Å²) in [6, 6.07) is 9.67. The van der Waals surface area contributed by atoms with E-state index in [0.717, 1.165) is 18.4 Å². The molecule has 0 aliphatic heterocycles. The van der Waals surface area contributed by atoms with E-state index in [1.165, 1.54) is 7.11 Å². The number of anilines is 1. The average Bonchev–Trinajstić information content (AvgIpc) is 3.32. The molecule has 6 heteroatoms. The Kier molecular flexibility index (Phi) is 3.40. The van der Waals surface area contributed by atoms with Crippen LogP contribution in [0.25, 0.3) is 11.0 Å². The van der Waals surface area contributed by atoms with Gasteiger partial charge in [-0.25, -0.2) is 9.97 Å². The van der Waals surface area contributed by atoms with E-state index in [0.29, 0.717) is 23.1 Å². The van der Waals surface area contributed by atoms with Gasteiger partial charge in [0, 0.05) is 6.04 Å². The molecule has 1 heterocycles. The van der Waals surface area contributed by atoms with E-state index in [4.69, 9.17) is 0 Å². The van der Waals surface area contributed by atoms with Crippen molar-refractivity contribution in [2.24, 2.45) is 0 Å². The second-order valence-corrected chi connectivity index (χ2v) is 4.95. The first-order chi connectivity index (χ1) is 10.2. The van der Waals surface area contributed by atoms with Crippen molar-refractivity contribution in [3.05, 3.63) is 30.0 Å². The Labute approximate surface area is 121 Å². The molecule has 1 aliphatic carbocycles. The Bertz CT molecular complexity index is 734. The molecule has 1 N–H and O–H groups in total. The maximum absolute atomic E-state index is 11.8. The number of nitrogens with zero attached hydrogens (tertiary/aromatic N) is 3. The Balaban J connectivity index is 2.12. The van der Waals surface area contributed by atoms with Gasteiger partial charge in [-0.15, -0.1) is 0 Å². The zero-order chi connectivity index (χ0) is 14.8. The van der Waals surface area contributed by atoms with Crippen LogP contribution >= 0.6 is 0 Å². The molecule has 0 bridgehead atoms. The van der Waals surface area contributed by atoms with E-state index < -0.39 is 11.9 Å². The molecule has 1 aliphatic rings. The first kappa shape index (κ1) is 13.3. The van der Waals surface area contributed by atoms with Crippen molar-refractivity contribution in [2.75, 3.05) is 12.4 Å². The topological polar surface area (TPSA) is 87.9 Å². The van der Waals surface area contributed by atoms with Crippen molar-refractivity contribution >= 4 is 22.8 Å². The predicted molar refractivity (Wildman–Crippen MR) is 76.6 cm³/mol. The quantitative estimate of drug-likeness (QED) is 0.863. The largest absolute Gasteiger partial charge is 0.468 e. The molecule has 1 unspecified atom stereocenters. The van der Waals surface area contributed by atoms with Crippen LogP contribution in [0.1, 0.15) is 24.5 Å². The Morgan fingerprint density at radius 1 is 1.38 bits per heavy atom. The lowest BCUT2D eigenvalue weighted by Crippen LogP contribution is -2.18. The van der Waals surface area contributed by atoms with Crippen molar-refractivity contribution in [2.45, 2.75) is 24.8 Å². The highest BCUT2D eigenvalue weighted by molar-refractivity contribution is 5.85. The van der Waals surface area contributed by atoms with Gasteiger partial charge in [0.05, 0.1) is 24.2 Å². The smallest absolute Gasteiger partial charge is 0.329 e. The number of aromatic nitrogens is 2. The zero-order valence-corrected chi connectivity index (χ0v) is 11.5. The number of methoxy groups -OCH3 is 1. The summed E-state index contributed by atoms with van der Waals surface area (Å²) >= 11 is 0. The fourth-order valence-corrected chi connectivity index (χ4v) is 2.09. The number of hydrogen-bond acceptors (Lipinski definition) is 6. The van der Waals surface area contributed by atoms with Gasteiger partial charge in [-0.2, -0.15) is 5.26 Å². The van der Waals surface area contributed by atoms with E-state index >= 15 is 0 Å².